The summed E-state index contributed by atoms with van der Waals surface area (Å²) in [7, 11) is 0. The number of aliphatic hydroxyl groups is 1. The van der Waals surface area contributed by atoms with Crippen LogP contribution in [0.25, 0.3) is 5.69 Å². The average Bonchev–Trinajstić information content (AvgIpc) is 3.03. The minimum atomic E-state index is 0.00789. The zero-order chi connectivity index (χ0) is 14.7. The normalized spacial score (nSPS) is 10.6. The van der Waals surface area contributed by atoms with Gasteiger partial charge in [0.05, 0.1) is 18.0 Å². The predicted octanol–water partition coefficient (Wildman–Crippen LogP) is 3.42. The first kappa shape index (κ1) is 13.4. The van der Waals surface area contributed by atoms with E-state index in [1.807, 2.05) is 66.3 Å². The summed E-state index contributed by atoms with van der Waals surface area (Å²) in [5.41, 5.74) is 4.82. The zero-order valence-corrected chi connectivity index (χ0v) is 11.8. The molecule has 4 nitrogen and oxygen atoms in total. The van der Waals surface area contributed by atoms with Gasteiger partial charge in [0, 0.05) is 23.6 Å². The van der Waals surface area contributed by atoms with E-state index in [-0.39, 0.29) is 6.61 Å². The lowest BCUT2D eigenvalue weighted by Crippen LogP contribution is -2.02. The zero-order valence-electron chi connectivity index (χ0n) is 11.8. The summed E-state index contributed by atoms with van der Waals surface area (Å²) in [5, 5.41) is 17.2. The van der Waals surface area contributed by atoms with E-state index in [1.165, 1.54) is 0 Å². The molecule has 0 radical (unpaired) electrons. The second kappa shape index (κ2) is 5.81. The van der Waals surface area contributed by atoms with Gasteiger partial charge in [0.1, 0.15) is 0 Å². The van der Waals surface area contributed by atoms with Crippen molar-refractivity contribution >= 4 is 11.4 Å². The molecule has 0 saturated carbocycles. The Labute approximate surface area is 123 Å². The van der Waals surface area contributed by atoms with Crippen molar-refractivity contribution < 1.29 is 5.11 Å². The standard InChI is InChI=1S/C17H17N3O/c1-13-7-8-15(14(11-13)12-21)19-16-5-2-3-6-17(16)20-10-4-9-18-20/h2-11,19,21H,12H2,1H3. The summed E-state index contributed by atoms with van der Waals surface area (Å²) in [6, 6.07) is 15.8. The number of aryl methyl sites for hydroxylation is 1. The predicted molar refractivity (Wildman–Crippen MR) is 83.9 cm³/mol. The fourth-order valence-corrected chi connectivity index (χ4v) is 2.31. The third-order valence-electron chi connectivity index (χ3n) is 3.36. The van der Waals surface area contributed by atoms with Crippen molar-refractivity contribution in [2.24, 2.45) is 0 Å². The van der Waals surface area contributed by atoms with Crippen LogP contribution in [0, 0.1) is 6.92 Å². The van der Waals surface area contributed by atoms with Crippen LogP contribution in [0.4, 0.5) is 11.4 Å². The van der Waals surface area contributed by atoms with Gasteiger partial charge < -0.3 is 10.4 Å². The lowest BCUT2D eigenvalue weighted by Gasteiger charge is -2.15. The minimum absolute atomic E-state index is 0.00789. The summed E-state index contributed by atoms with van der Waals surface area (Å²) in [6.07, 6.45) is 3.66. The van der Waals surface area contributed by atoms with Crippen LogP contribution in [0.1, 0.15) is 11.1 Å². The van der Waals surface area contributed by atoms with Crippen LogP contribution in [0.3, 0.4) is 0 Å². The van der Waals surface area contributed by atoms with Gasteiger partial charge in [0.25, 0.3) is 0 Å². The number of hydrogen-bond acceptors (Lipinski definition) is 3. The second-order valence-corrected chi connectivity index (χ2v) is 4.91. The average molecular weight is 279 g/mol. The van der Waals surface area contributed by atoms with Crippen LogP contribution in [0.5, 0.6) is 0 Å². The van der Waals surface area contributed by atoms with E-state index < -0.39 is 0 Å². The monoisotopic (exact) mass is 279 g/mol. The highest BCUT2D eigenvalue weighted by Gasteiger charge is 2.07. The van der Waals surface area contributed by atoms with Crippen LogP contribution in [0.15, 0.2) is 60.9 Å². The van der Waals surface area contributed by atoms with Gasteiger partial charge in [0.2, 0.25) is 0 Å². The Morgan fingerprint density at radius 1 is 1.10 bits per heavy atom. The molecular formula is C17H17N3O. The molecule has 1 aromatic heterocycles. The first-order chi connectivity index (χ1) is 10.3. The highest BCUT2D eigenvalue weighted by Crippen LogP contribution is 2.26. The molecule has 4 heteroatoms. The molecule has 0 saturated heterocycles. The molecule has 0 aliphatic carbocycles. The summed E-state index contributed by atoms with van der Waals surface area (Å²) in [5.74, 6) is 0. The summed E-state index contributed by atoms with van der Waals surface area (Å²) >= 11 is 0. The number of para-hydroxylation sites is 2. The Morgan fingerprint density at radius 2 is 1.95 bits per heavy atom. The van der Waals surface area contributed by atoms with Crippen LogP contribution in [-0.2, 0) is 6.61 Å². The van der Waals surface area contributed by atoms with Gasteiger partial charge in [-0.3, -0.25) is 0 Å². The van der Waals surface area contributed by atoms with Gasteiger partial charge >= 0.3 is 0 Å². The number of benzene rings is 2. The largest absolute Gasteiger partial charge is 0.392 e. The van der Waals surface area contributed by atoms with E-state index in [9.17, 15) is 5.11 Å². The highest BCUT2D eigenvalue weighted by atomic mass is 16.3. The van der Waals surface area contributed by atoms with Crippen molar-refractivity contribution in [1.29, 1.82) is 0 Å². The summed E-state index contributed by atoms with van der Waals surface area (Å²) < 4.78 is 1.81. The lowest BCUT2D eigenvalue weighted by atomic mass is 10.1. The van der Waals surface area contributed by atoms with Gasteiger partial charge in [-0.05, 0) is 31.2 Å². The Bertz CT molecular complexity index is 736. The summed E-state index contributed by atoms with van der Waals surface area (Å²) in [6.45, 7) is 2.02. The van der Waals surface area contributed by atoms with Crippen LogP contribution >= 0.6 is 0 Å². The van der Waals surface area contributed by atoms with Crippen molar-refractivity contribution in [2.45, 2.75) is 13.5 Å². The molecule has 106 valence electrons. The van der Waals surface area contributed by atoms with E-state index >= 15 is 0 Å². The first-order valence-corrected chi connectivity index (χ1v) is 6.84. The molecular weight excluding hydrogens is 262 g/mol. The fourth-order valence-electron chi connectivity index (χ4n) is 2.31. The van der Waals surface area contributed by atoms with E-state index in [0.717, 1.165) is 28.2 Å². The number of aliphatic hydroxyl groups excluding tert-OH is 1. The SMILES string of the molecule is Cc1ccc(Nc2ccccc2-n2cccn2)c(CO)c1. The molecule has 0 aliphatic rings. The third kappa shape index (κ3) is 2.80. The van der Waals surface area contributed by atoms with Crippen LogP contribution < -0.4 is 5.32 Å². The molecule has 0 aliphatic heterocycles. The molecule has 3 rings (SSSR count). The Kier molecular flexibility index (Phi) is 3.71. The maximum Gasteiger partial charge on any atom is 0.0880 e. The molecule has 1 heterocycles. The molecule has 0 amide bonds. The Morgan fingerprint density at radius 3 is 2.71 bits per heavy atom. The minimum Gasteiger partial charge on any atom is -0.392 e. The molecule has 3 aromatic rings. The van der Waals surface area contributed by atoms with E-state index in [1.54, 1.807) is 6.20 Å². The van der Waals surface area contributed by atoms with Crippen molar-refractivity contribution in [2.75, 3.05) is 5.32 Å². The second-order valence-electron chi connectivity index (χ2n) is 4.91. The quantitative estimate of drug-likeness (QED) is 0.769. The van der Waals surface area contributed by atoms with Crippen LogP contribution in [-0.4, -0.2) is 14.9 Å². The van der Waals surface area contributed by atoms with Crippen molar-refractivity contribution in [3.8, 4) is 5.69 Å². The van der Waals surface area contributed by atoms with Crippen molar-refractivity contribution in [3.63, 3.8) is 0 Å². The Hall–Kier alpha value is -2.59. The molecule has 2 aromatic carbocycles. The maximum absolute atomic E-state index is 9.52. The molecule has 0 unspecified atom stereocenters. The van der Waals surface area contributed by atoms with Gasteiger partial charge in [-0.2, -0.15) is 5.10 Å². The molecule has 2 N–H and O–H groups in total. The first-order valence-electron chi connectivity index (χ1n) is 6.84. The molecule has 0 bridgehead atoms. The fraction of sp³-hybridized carbons (Fsp3) is 0.118. The van der Waals surface area contributed by atoms with E-state index in [0.29, 0.717) is 0 Å². The van der Waals surface area contributed by atoms with Gasteiger partial charge in [-0.1, -0.05) is 29.8 Å². The molecule has 21 heavy (non-hydrogen) atoms. The maximum atomic E-state index is 9.52. The summed E-state index contributed by atoms with van der Waals surface area (Å²) in [4.78, 5) is 0. The van der Waals surface area contributed by atoms with Crippen molar-refractivity contribution in [3.05, 3.63) is 72.1 Å². The van der Waals surface area contributed by atoms with Crippen molar-refractivity contribution in [1.82, 2.24) is 9.78 Å². The number of nitrogens with one attached hydrogen (secondary N) is 1. The lowest BCUT2D eigenvalue weighted by molar-refractivity contribution is 0.282. The molecule has 0 atom stereocenters. The number of anilines is 2. The number of hydrogen-bond donors (Lipinski definition) is 2. The van der Waals surface area contributed by atoms with Gasteiger partial charge in [0.15, 0.2) is 0 Å². The number of nitrogens with zero attached hydrogens (tertiary/aromatic N) is 2. The third-order valence-corrected chi connectivity index (χ3v) is 3.36. The Balaban J connectivity index is 2.00. The smallest absolute Gasteiger partial charge is 0.0880 e. The number of rotatable bonds is 4. The molecule has 0 fully saturated rings. The molecule has 0 spiro atoms. The highest BCUT2D eigenvalue weighted by molar-refractivity contribution is 5.70. The van der Waals surface area contributed by atoms with Gasteiger partial charge in [-0.25, -0.2) is 4.68 Å². The van der Waals surface area contributed by atoms with Crippen LogP contribution in [0.2, 0.25) is 0 Å². The van der Waals surface area contributed by atoms with E-state index in [2.05, 4.69) is 10.4 Å². The topological polar surface area (TPSA) is 50.1 Å². The van der Waals surface area contributed by atoms with Gasteiger partial charge in [-0.15, -0.1) is 0 Å². The van der Waals surface area contributed by atoms with E-state index in [4.69, 9.17) is 0 Å². The number of aromatic nitrogens is 2.